The SMILES string of the molecule is CCCCCCCCCCCCOC(=O)C(C)OC(=O)c1ccc(OC(=O)c2ccc(-c3ccc(OCCCCCC)nn3)cc2)cc1. The Morgan fingerprint density at radius 1 is 0.604 bits per heavy atom. The Hall–Kier alpha value is -4.27. The van der Waals surface area contributed by atoms with E-state index in [-0.39, 0.29) is 11.3 Å². The summed E-state index contributed by atoms with van der Waals surface area (Å²) in [5, 5.41) is 8.38. The molecule has 9 heteroatoms. The van der Waals surface area contributed by atoms with Crippen LogP contribution in [0, 0.1) is 0 Å². The van der Waals surface area contributed by atoms with Crippen LogP contribution < -0.4 is 9.47 Å². The number of aromatic nitrogens is 2. The van der Waals surface area contributed by atoms with Gasteiger partial charge in [-0.1, -0.05) is 103 Å². The first-order chi connectivity index (χ1) is 23.4. The molecule has 0 fully saturated rings. The smallest absolute Gasteiger partial charge is 0.347 e. The largest absolute Gasteiger partial charge is 0.477 e. The Balaban J connectivity index is 1.35. The highest BCUT2D eigenvalue weighted by Gasteiger charge is 2.20. The average molecular weight is 661 g/mol. The highest BCUT2D eigenvalue weighted by atomic mass is 16.6. The van der Waals surface area contributed by atoms with Crippen molar-refractivity contribution in [2.24, 2.45) is 0 Å². The summed E-state index contributed by atoms with van der Waals surface area (Å²) >= 11 is 0. The lowest BCUT2D eigenvalue weighted by Crippen LogP contribution is -2.26. The normalized spacial score (nSPS) is 11.5. The van der Waals surface area contributed by atoms with Crippen LogP contribution in [-0.4, -0.2) is 47.4 Å². The topological polar surface area (TPSA) is 114 Å². The van der Waals surface area contributed by atoms with Crippen molar-refractivity contribution in [2.75, 3.05) is 13.2 Å². The lowest BCUT2D eigenvalue weighted by molar-refractivity contribution is -0.153. The van der Waals surface area contributed by atoms with Crippen molar-refractivity contribution in [3.05, 3.63) is 71.8 Å². The van der Waals surface area contributed by atoms with E-state index in [0.717, 1.165) is 37.7 Å². The monoisotopic (exact) mass is 660 g/mol. The van der Waals surface area contributed by atoms with E-state index in [0.29, 0.717) is 30.4 Å². The molecule has 3 aromatic rings. The van der Waals surface area contributed by atoms with Gasteiger partial charge < -0.3 is 18.9 Å². The predicted molar refractivity (Wildman–Crippen MR) is 186 cm³/mol. The van der Waals surface area contributed by atoms with Gasteiger partial charge in [-0.25, -0.2) is 14.4 Å². The van der Waals surface area contributed by atoms with Gasteiger partial charge in [-0.2, -0.15) is 0 Å². The molecule has 0 aliphatic heterocycles. The Kier molecular flexibility index (Phi) is 17.8. The van der Waals surface area contributed by atoms with E-state index in [1.165, 1.54) is 89.0 Å². The second-order valence-corrected chi connectivity index (χ2v) is 12.1. The third kappa shape index (κ3) is 14.2. The average Bonchev–Trinajstić information content (AvgIpc) is 3.11. The van der Waals surface area contributed by atoms with Crippen LogP contribution in [-0.2, 0) is 14.3 Å². The fourth-order valence-corrected chi connectivity index (χ4v) is 5.01. The number of ether oxygens (including phenoxy) is 4. The molecule has 3 rings (SSSR count). The van der Waals surface area contributed by atoms with Crippen LogP contribution in [0.5, 0.6) is 11.6 Å². The van der Waals surface area contributed by atoms with E-state index < -0.39 is 24.0 Å². The minimum Gasteiger partial charge on any atom is -0.477 e. The summed E-state index contributed by atoms with van der Waals surface area (Å²) in [4.78, 5) is 37.6. The van der Waals surface area contributed by atoms with Crippen LogP contribution in [0.4, 0.5) is 0 Å². The second kappa shape index (κ2) is 22.3. The molecule has 0 bridgehead atoms. The summed E-state index contributed by atoms with van der Waals surface area (Å²) in [5.74, 6) is -1.03. The van der Waals surface area contributed by atoms with Crippen LogP contribution >= 0.6 is 0 Å². The number of carbonyl (C=O) groups is 3. The Morgan fingerprint density at radius 2 is 1.15 bits per heavy atom. The van der Waals surface area contributed by atoms with Gasteiger partial charge in [0.2, 0.25) is 5.88 Å². The van der Waals surface area contributed by atoms with E-state index in [9.17, 15) is 14.4 Å². The van der Waals surface area contributed by atoms with E-state index in [1.807, 2.05) is 6.07 Å². The van der Waals surface area contributed by atoms with Gasteiger partial charge in [0.05, 0.1) is 30.0 Å². The molecule has 0 saturated carbocycles. The van der Waals surface area contributed by atoms with Gasteiger partial charge in [0.25, 0.3) is 0 Å². The Labute approximate surface area is 285 Å². The third-order valence-corrected chi connectivity index (χ3v) is 7.96. The zero-order valence-electron chi connectivity index (χ0n) is 28.9. The van der Waals surface area contributed by atoms with E-state index in [4.69, 9.17) is 18.9 Å². The first-order valence-corrected chi connectivity index (χ1v) is 17.7. The quantitative estimate of drug-likeness (QED) is 0.0557. The van der Waals surface area contributed by atoms with Crippen molar-refractivity contribution >= 4 is 17.9 Å². The number of benzene rings is 2. The molecule has 1 heterocycles. The predicted octanol–water partition coefficient (Wildman–Crippen LogP) is 9.33. The van der Waals surface area contributed by atoms with Gasteiger partial charge in [0, 0.05) is 11.6 Å². The van der Waals surface area contributed by atoms with Gasteiger partial charge >= 0.3 is 17.9 Å². The Bertz CT molecular complexity index is 1360. The van der Waals surface area contributed by atoms with E-state index >= 15 is 0 Å². The molecule has 1 unspecified atom stereocenters. The summed E-state index contributed by atoms with van der Waals surface area (Å²) in [5.41, 5.74) is 2.04. The standard InChI is InChI=1S/C39H52N2O7/c1-4-6-8-10-11-12-13-14-15-17-29-46-37(42)30(3)47-38(43)33-22-24-34(25-23-33)48-39(44)32-20-18-31(19-21-32)35-26-27-36(41-40-35)45-28-16-9-7-5-2/h18-27,30H,4-17,28-29H2,1-3H3. The third-order valence-electron chi connectivity index (χ3n) is 7.96. The lowest BCUT2D eigenvalue weighted by atomic mass is 10.1. The molecule has 0 aliphatic carbocycles. The second-order valence-electron chi connectivity index (χ2n) is 12.1. The number of esters is 3. The van der Waals surface area contributed by atoms with Crippen LogP contribution in [0.15, 0.2) is 60.7 Å². The van der Waals surface area contributed by atoms with Crippen molar-refractivity contribution in [1.82, 2.24) is 10.2 Å². The molecule has 0 N–H and O–H groups in total. The number of unbranched alkanes of at least 4 members (excludes halogenated alkanes) is 12. The number of carbonyl (C=O) groups excluding carboxylic acids is 3. The summed E-state index contributed by atoms with van der Waals surface area (Å²) in [7, 11) is 0. The van der Waals surface area contributed by atoms with Crippen LogP contribution in [0.3, 0.4) is 0 Å². The van der Waals surface area contributed by atoms with Crippen molar-refractivity contribution in [3.8, 4) is 22.9 Å². The fourth-order valence-electron chi connectivity index (χ4n) is 5.01. The molecule has 2 aromatic carbocycles. The fraction of sp³-hybridized carbons (Fsp3) is 0.513. The summed E-state index contributed by atoms with van der Waals surface area (Å²) < 4.78 is 21.7. The van der Waals surface area contributed by atoms with Gasteiger partial charge in [-0.3, -0.25) is 0 Å². The molecule has 0 spiro atoms. The number of hydrogen-bond acceptors (Lipinski definition) is 9. The van der Waals surface area contributed by atoms with E-state index in [2.05, 4.69) is 24.0 Å². The molecule has 0 aliphatic rings. The van der Waals surface area contributed by atoms with E-state index in [1.54, 1.807) is 30.3 Å². The molecule has 1 atom stereocenters. The van der Waals surface area contributed by atoms with Gasteiger partial charge in [-0.05, 0) is 62.2 Å². The molecule has 260 valence electrons. The summed E-state index contributed by atoms with van der Waals surface area (Å²) in [6.07, 6.45) is 15.4. The molecule has 1 aromatic heterocycles. The van der Waals surface area contributed by atoms with Gasteiger partial charge in [-0.15, -0.1) is 10.2 Å². The van der Waals surface area contributed by atoms with Crippen LogP contribution in [0.2, 0.25) is 0 Å². The highest BCUT2D eigenvalue weighted by molar-refractivity contribution is 5.93. The van der Waals surface area contributed by atoms with Crippen LogP contribution in [0.1, 0.15) is 131 Å². The van der Waals surface area contributed by atoms with Gasteiger partial charge in [0.15, 0.2) is 6.10 Å². The maximum absolute atomic E-state index is 12.7. The maximum atomic E-state index is 12.7. The number of nitrogens with zero attached hydrogens (tertiary/aromatic N) is 2. The zero-order chi connectivity index (χ0) is 34.4. The minimum atomic E-state index is -1.03. The zero-order valence-corrected chi connectivity index (χ0v) is 28.9. The maximum Gasteiger partial charge on any atom is 0.347 e. The molecule has 48 heavy (non-hydrogen) atoms. The molecule has 0 amide bonds. The summed E-state index contributed by atoms with van der Waals surface area (Å²) in [6.45, 7) is 6.82. The van der Waals surface area contributed by atoms with Crippen molar-refractivity contribution < 1.29 is 33.3 Å². The first-order valence-electron chi connectivity index (χ1n) is 17.7. The first kappa shape index (κ1) is 38.2. The summed E-state index contributed by atoms with van der Waals surface area (Å²) in [6, 6.07) is 16.4. The van der Waals surface area contributed by atoms with Crippen molar-refractivity contribution in [3.63, 3.8) is 0 Å². The molecule has 9 nitrogen and oxygen atoms in total. The molecular weight excluding hydrogens is 608 g/mol. The van der Waals surface area contributed by atoms with Crippen molar-refractivity contribution in [1.29, 1.82) is 0 Å². The molecular formula is C39H52N2O7. The van der Waals surface area contributed by atoms with Crippen LogP contribution in [0.25, 0.3) is 11.3 Å². The number of rotatable bonds is 23. The minimum absolute atomic E-state index is 0.225. The molecule has 0 saturated heterocycles. The van der Waals surface area contributed by atoms with Gasteiger partial charge in [0.1, 0.15) is 5.75 Å². The molecule has 0 radical (unpaired) electrons. The highest BCUT2D eigenvalue weighted by Crippen LogP contribution is 2.21. The van der Waals surface area contributed by atoms with Crippen molar-refractivity contribution in [2.45, 2.75) is 117 Å². The lowest BCUT2D eigenvalue weighted by Gasteiger charge is -2.13. The Morgan fingerprint density at radius 3 is 1.75 bits per heavy atom. The number of hydrogen-bond donors (Lipinski definition) is 0.